The first kappa shape index (κ1) is 25.0. The number of aliphatic carboxylic acids is 1. The number of hydrogen-bond acceptors (Lipinski definition) is 2. The van der Waals surface area contributed by atoms with E-state index in [0.29, 0.717) is 40.1 Å². The maximum atomic E-state index is 11.1. The number of carboxylic acid groups (broad SMARTS) is 1. The molecule has 0 aromatic rings. The van der Waals surface area contributed by atoms with E-state index in [9.17, 15) is 9.90 Å². The molecular weight excluding hydrogens is 408 g/mol. The minimum atomic E-state index is -0.796. The third kappa shape index (κ3) is 3.58. The third-order valence-corrected chi connectivity index (χ3v) is 12.0. The first-order chi connectivity index (χ1) is 15.3. The average Bonchev–Trinajstić information content (AvgIpc) is 3.02. The molecule has 0 saturated heterocycles. The molecule has 0 amide bonds. The summed E-state index contributed by atoms with van der Waals surface area (Å²) >= 11 is 0. The second-order valence-electron chi connectivity index (χ2n) is 13.6. The Morgan fingerprint density at radius 3 is 2.48 bits per heavy atom. The molecule has 0 aliphatic heterocycles. The Hall–Kier alpha value is -1.09. The van der Waals surface area contributed by atoms with Crippen molar-refractivity contribution in [2.75, 3.05) is 0 Å². The summed E-state index contributed by atoms with van der Waals surface area (Å²) in [5.74, 6) is 1.75. The Labute approximate surface area is 202 Å². The van der Waals surface area contributed by atoms with Gasteiger partial charge in [-0.05, 0) is 110 Å². The monoisotopic (exact) mass is 456 g/mol. The molecule has 3 fully saturated rings. The molecule has 8 atom stereocenters. The largest absolute Gasteiger partial charge is 0.478 e. The number of hydrogen-bond donors (Lipinski definition) is 2. The molecule has 2 N–H and O–H groups in total. The van der Waals surface area contributed by atoms with Crippen LogP contribution in [-0.4, -0.2) is 22.3 Å². The molecule has 4 aliphatic carbocycles. The Morgan fingerprint density at radius 1 is 1.12 bits per heavy atom. The van der Waals surface area contributed by atoms with Crippen molar-refractivity contribution in [3.05, 3.63) is 23.3 Å². The van der Waals surface area contributed by atoms with E-state index in [1.165, 1.54) is 25.7 Å². The van der Waals surface area contributed by atoms with E-state index in [4.69, 9.17) is 5.11 Å². The topological polar surface area (TPSA) is 57.5 Å². The van der Waals surface area contributed by atoms with Gasteiger partial charge < -0.3 is 10.2 Å². The maximum absolute atomic E-state index is 11.1. The molecule has 0 spiro atoms. The number of carboxylic acids is 1. The molecule has 0 heterocycles. The van der Waals surface area contributed by atoms with Crippen molar-refractivity contribution in [1.82, 2.24) is 0 Å². The van der Waals surface area contributed by atoms with Crippen LogP contribution in [0.25, 0.3) is 0 Å². The lowest BCUT2D eigenvalue weighted by molar-refractivity contribution is -0.132. The molecule has 4 aliphatic rings. The van der Waals surface area contributed by atoms with Gasteiger partial charge in [0.15, 0.2) is 0 Å². The van der Waals surface area contributed by atoms with Crippen molar-refractivity contribution in [3.8, 4) is 0 Å². The van der Waals surface area contributed by atoms with E-state index in [2.05, 4.69) is 47.6 Å². The number of allylic oxidation sites excluding steroid dienone is 3. The highest BCUT2D eigenvalue weighted by atomic mass is 16.4. The van der Waals surface area contributed by atoms with Gasteiger partial charge in [0.05, 0.1) is 6.10 Å². The lowest BCUT2D eigenvalue weighted by Gasteiger charge is -2.64. The summed E-state index contributed by atoms with van der Waals surface area (Å²) in [5, 5.41) is 20.0. The Bertz CT molecular complexity index is 853. The SMILES string of the molecule is C/C(=C\CC[C@H](C)[C@@H]1CC[C@]2(C)C3=CC[C@H]4C(C)(C)[C@@H](O)CC[C@]4(C)[C@H]3CC[C@@]12C)C(=O)O. The second-order valence-corrected chi connectivity index (χ2v) is 13.6. The molecule has 0 radical (unpaired) electrons. The maximum Gasteiger partial charge on any atom is 0.330 e. The molecule has 4 rings (SSSR count). The lowest BCUT2D eigenvalue weighted by Crippen LogP contribution is -2.58. The zero-order chi connectivity index (χ0) is 24.4. The van der Waals surface area contributed by atoms with Crippen LogP contribution in [0.1, 0.15) is 106 Å². The normalized spacial score (nSPS) is 45.5. The third-order valence-electron chi connectivity index (χ3n) is 12.0. The lowest BCUT2D eigenvalue weighted by atomic mass is 9.41. The van der Waals surface area contributed by atoms with E-state index in [0.717, 1.165) is 32.1 Å². The Kier molecular flexibility index (Phi) is 6.25. The van der Waals surface area contributed by atoms with Gasteiger partial charge in [0.1, 0.15) is 0 Å². The van der Waals surface area contributed by atoms with Gasteiger partial charge in [0, 0.05) is 5.57 Å². The summed E-state index contributed by atoms with van der Waals surface area (Å²) < 4.78 is 0. The Balaban J connectivity index is 1.58. The van der Waals surface area contributed by atoms with E-state index < -0.39 is 5.97 Å². The van der Waals surface area contributed by atoms with Gasteiger partial charge in [-0.15, -0.1) is 0 Å². The van der Waals surface area contributed by atoms with E-state index in [1.54, 1.807) is 12.5 Å². The van der Waals surface area contributed by atoms with Crippen LogP contribution in [-0.2, 0) is 4.79 Å². The van der Waals surface area contributed by atoms with E-state index >= 15 is 0 Å². The average molecular weight is 457 g/mol. The van der Waals surface area contributed by atoms with Crippen molar-refractivity contribution in [2.24, 2.45) is 45.3 Å². The van der Waals surface area contributed by atoms with Crippen LogP contribution in [0.15, 0.2) is 23.3 Å². The van der Waals surface area contributed by atoms with Gasteiger partial charge in [-0.25, -0.2) is 4.79 Å². The first-order valence-corrected chi connectivity index (χ1v) is 13.6. The zero-order valence-electron chi connectivity index (χ0n) is 22.2. The molecule has 3 heteroatoms. The quantitative estimate of drug-likeness (QED) is 0.335. The van der Waals surface area contributed by atoms with Gasteiger partial charge >= 0.3 is 5.97 Å². The fourth-order valence-electron chi connectivity index (χ4n) is 9.50. The van der Waals surface area contributed by atoms with Crippen LogP contribution in [0.5, 0.6) is 0 Å². The first-order valence-electron chi connectivity index (χ1n) is 13.6. The summed E-state index contributed by atoms with van der Waals surface area (Å²) in [4.78, 5) is 11.1. The summed E-state index contributed by atoms with van der Waals surface area (Å²) in [6.07, 6.45) is 14.7. The smallest absolute Gasteiger partial charge is 0.330 e. The van der Waals surface area contributed by atoms with Crippen LogP contribution in [0.4, 0.5) is 0 Å². The zero-order valence-corrected chi connectivity index (χ0v) is 22.2. The number of rotatable bonds is 5. The number of fused-ring (bicyclic) bond motifs is 5. The predicted molar refractivity (Wildman–Crippen MR) is 135 cm³/mol. The molecule has 0 unspecified atom stereocenters. The molecule has 186 valence electrons. The van der Waals surface area contributed by atoms with Gasteiger partial charge in [-0.2, -0.15) is 0 Å². The molecule has 0 bridgehead atoms. The van der Waals surface area contributed by atoms with Crippen LogP contribution in [0.2, 0.25) is 0 Å². The van der Waals surface area contributed by atoms with Crippen LogP contribution >= 0.6 is 0 Å². The summed E-state index contributed by atoms with van der Waals surface area (Å²) in [5.41, 5.74) is 3.13. The molecular formula is C30H48O3. The van der Waals surface area contributed by atoms with Gasteiger partial charge in [-0.3, -0.25) is 0 Å². The van der Waals surface area contributed by atoms with Crippen molar-refractivity contribution in [2.45, 2.75) is 112 Å². The molecule has 33 heavy (non-hydrogen) atoms. The summed E-state index contributed by atoms with van der Waals surface area (Å²) in [7, 11) is 0. The van der Waals surface area contributed by atoms with Gasteiger partial charge in [-0.1, -0.05) is 59.3 Å². The van der Waals surface area contributed by atoms with Crippen molar-refractivity contribution < 1.29 is 15.0 Å². The van der Waals surface area contributed by atoms with Gasteiger partial charge in [0.2, 0.25) is 0 Å². The van der Waals surface area contributed by atoms with Crippen molar-refractivity contribution in [1.29, 1.82) is 0 Å². The minimum Gasteiger partial charge on any atom is -0.478 e. The van der Waals surface area contributed by atoms with Crippen molar-refractivity contribution >= 4 is 5.97 Å². The molecule has 0 aromatic heterocycles. The summed E-state index contributed by atoms with van der Waals surface area (Å²) in [6, 6.07) is 0. The highest BCUT2D eigenvalue weighted by molar-refractivity contribution is 5.85. The fourth-order valence-corrected chi connectivity index (χ4v) is 9.50. The van der Waals surface area contributed by atoms with Crippen molar-refractivity contribution in [3.63, 3.8) is 0 Å². The number of carbonyl (C=O) groups is 1. The number of aliphatic hydroxyl groups excluding tert-OH is 1. The highest BCUT2D eigenvalue weighted by Crippen LogP contribution is 2.73. The van der Waals surface area contributed by atoms with E-state index in [-0.39, 0.29) is 16.9 Å². The summed E-state index contributed by atoms with van der Waals surface area (Å²) in [6.45, 7) is 16.5. The fraction of sp³-hybridized carbons (Fsp3) is 0.833. The molecule has 3 nitrogen and oxygen atoms in total. The predicted octanol–water partition coefficient (Wildman–Crippen LogP) is 7.40. The highest BCUT2D eigenvalue weighted by Gasteiger charge is 2.65. The standard InChI is InChI=1S/C30H48O3/c1-19(9-8-10-20(2)26(32)33)21-13-17-30(7)23-11-12-24-27(3,4)25(31)15-16-28(24,5)22(23)14-18-29(21,30)6/h10-11,19,21-22,24-25,31H,8-9,12-18H2,1-7H3,(H,32,33)/b20-10+/t19-,21-,22-,24-,25-,28+,29-,30+/m0/s1. The van der Waals surface area contributed by atoms with Crippen LogP contribution < -0.4 is 0 Å². The van der Waals surface area contributed by atoms with Crippen LogP contribution in [0.3, 0.4) is 0 Å². The molecule has 0 aromatic carbocycles. The molecule has 3 saturated carbocycles. The minimum absolute atomic E-state index is 0.00892. The Morgan fingerprint density at radius 2 is 1.82 bits per heavy atom. The van der Waals surface area contributed by atoms with Crippen LogP contribution in [0, 0.1) is 45.3 Å². The van der Waals surface area contributed by atoms with Gasteiger partial charge in [0.25, 0.3) is 0 Å². The van der Waals surface area contributed by atoms with E-state index in [1.807, 2.05) is 6.08 Å². The number of aliphatic hydroxyl groups is 1. The second kappa shape index (κ2) is 8.25.